The van der Waals surface area contributed by atoms with Crippen LogP contribution in [-0.2, 0) is 4.74 Å². The van der Waals surface area contributed by atoms with E-state index in [0.717, 1.165) is 12.8 Å². The summed E-state index contributed by atoms with van der Waals surface area (Å²) < 4.78 is 5.03. The van der Waals surface area contributed by atoms with Crippen molar-refractivity contribution in [3.8, 4) is 0 Å². The Morgan fingerprint density at radius 1 is 0.905 bits per heavy atom. The number of ether oxygens (including phenoxy) is 1. The van der Waals surface area contributed by atoms with Gasteiger partial charge in [0.15, 0.2) is 0 Å². The van der Waals surface area contributed by atoms with E-state index in [-0.39, 0.29) is 5.97 Å². The third-order valence-electron chi connectivity index (χ3n) is 2.96. The van der Waals surface area contributed by atoms with Crippen molar-refractivity contribution in [2.75, 3.05) is 6.61 Å². The fourth-order valence-electron chi connectivity index (χ4n) is 1.60. The Labute approximate surface area is 127 Å². The fraction of sp³-hybridized carbons (Fsp3) is 0.316. The van der Waals surface area contributed by atoms with E-state index >= 15 is 0 Å². The molecule has 0 heterocycles. The maximum absolute atomic E-state index is 11.3. The van der Waals surface area contributed by atoms with Crippen LogP contribution >= 0.6 is 0 Å². The van der Waals surface area contributed by atoms with E-state index in [2.05, 4.69) is 45.0 Å². The second-order valence-electron chi connectivity index (χ2n) is 5.01. The number of benzene rings is 2. The molecule has 0 saturated carbocycles. The minimum absolute atomic E-state index is 0.228. The van der Waals surface area contributed by atoms with Crippen LogP contribution < -0.4 is 0 Å². The minimum atomic E-state index is -0.228. The Morgan fingerprint density at radius 2 is 1.43 bits per heavy atom. The van der Waals surface area contributed by atoms with Crippen LogP contribution in [0.1, 0.15) is 41.3 Å². The standard InChI is InChI=1S/C11H14O2.C8H10/c1-2-3-9-13-11(12)10-7-5-4-6-8-10;1-7-3-5-8(2)6-4-7/h4-8H,2-3,9H2,1H3;3-6H,1-2H3. The fourth-order valence-corrected chi connectivity index (χ4v) is 1.60. The van der Waals surface area contributed by atoms with E-state index in [4.69, 9.17) is 4.74 Å². The van der Waals surface area contributed by atoms with Crippen LogP contribution in [0.5, 0.6) is 0 Å². The predicted octanol–water partition coefficient (Wildman–Crippen LogP) is 4.95. The molecule has 0 radical (unpaired) electrons. The van der Waals surface area contributed by atoms with Gasteiger partial charge in [0.1, 0.15) is 0 Å². The summed E-state index contributed by atoms with van der Waals surface area (Å²) in [5, 5.41) is 0. The van der Waals surface area contributed by atoms with Gasteiger partial charge in [0.2, 0.25) is 0 Å². The average Bonchev–Trinajstić information content (AvgIpc) is 2.52. The van der Waals surface area contributed by atoms with Gasteiger partial charge >= 0.3 is 5.97 Å². The number of esters is 1. The third kappa shape index (κ3) is 7.31. The van der Waals surface area contributed by atoms with Gasteiger partial charge in [-0.2, -0.15) is 0 Å². The summed E-state index contributed by atoms with van der Waals surface area (Å²) in [6.45, 7) is 6.78. The summed E-state index contributed by atoms with van der Waals surface area (Å²) in [5.41, 5.74) is 3.28. The van der Waals surface area contributed by atoms with Crippen molar-refractivity contribution in [3.63, 3.8) is 0 Å². The molecule has 0 saturated heterocycles. The van der Waals surface area contributed by atoms with Crippen LogP contribution in [0, 0.1) is 13.8 Å². The number of hydrogen-bond donors (Lipinski definition) is 0. The molecule has 0 bridgehead atoms. The Kier molecular flexibility index (Phi) is 7.88. The molecule has 0 atom stereocenters. The highest BCUT2D eigenvalue weighted by Crippen LogP contribution is 2.01. The molecule has 112 valence electrons. The highest BCUT2D eigenvalue weighted by atomic mass is 16.5. The van der Waals surface area contributed by atoms with Gasteiger partial charge in [0, 0.05) is 0 Å². The zero-order chi connectivity index (χ0) is 15.5. The molecule has 2 heteroatoms. The molecule has 2 nitrogen and oxygen atoms in total. The molecule has 2 rings (SSSR count). The topological polar surface area (TPSA) is 26.3 Å². The first-order chi connectivity index (χ1) is 10.1. The molecule has 0 aromatic heterocycles. The number of carbonyl (C=O) groups excluding carboxylic acids is 1. The third-order valence-corrected chi connectivity index (χ3v) is 2.96. The molecule has 2 aromatic carbocycles. The van der Waals surface area contributed by atoms with Crippen molar-refractivity contribution >= 4 is 5.97 Å². The van der Waals surface area contributed by atoms with E-state index < -0.39 is 0 Å². The highest BCUT2D eigenvalue weighted by molar-refractivity contribution is 5.89. The lowest BCUT2D eigenvalue weighted by Gasteiger charge is -2.02. The Balaban J connectivity index is 0.000000235. The molecule has 0 N–H and O–H groups in total. The Morgan fingerprint density at radius 3 is 1.90 bits per heavy atom. The van der Waals surface area contributed by atoms with E-state index in [1.807, 2.05) is 18.2 Å². The van der Waals surface area contributed by atoms with Crippen molar-refractivity contribution in [1.82, 2.24) is 0 Å². The van der Waals surface area contributed by atoms with Gasteiger partial charge in [-0.3, -0.25) is 0 Å². The molecule has 0 spiro atoms. The maximum atomic E-state index is 11.3. The van der Waals surface area contributed by atoms with Crippen LogP contribution in [0.4, 0.5) is 0 Å². The monoisotopic (exact) mass is 284 g/mol. The highest BCUT2D eigenvalue weighted by Gasteiger charge is 2.03. The molecule has 0 unspecified atom stereocenters. The van der Waals surface area contributed by atoms with Crippen molar-refractivity contribution in [2.45, 2.75) is 33.6 Å². The summed E-state index contributed by atoms with van der Waals surface area (Å²) in [7, 11) is 0. The molecular formula is C19H24O2. The van der Waals surface area contributed by atoms with Crippen molar-refractivity contribution in [3.05, 3.63) is 71.3 Å². The number of unbranched alkanes of at least 4 members (excludes halogenated alkanes) is 1. The number of aryl methyl sites for hydroxylation is 2. The molecule has 0 aliphatic rings. The Hall–Kier alpha value is -2.09. The van der Waals surface area contributed by atoms with Gasteiger partial charge in [0.25, 0.3) is 0 Å². The lowest BCUT2D eigenvalue weighted by molar-refractivity contribution is 0.0500. The zero-order valence-corrected chi connectivity index (χ0v) is 13.1. The first kappa shape index (κ1) is 17.0. The maximum Gasteiger partial charge on any atom is 0.338 e. The van der Waals surface area contributed by atoms with Crippen LogP contribution in [-0.4, -0.2) is 12.6 Å². The van der Waals surface area contributed by atoms with E-state index in [0.29, 0.717) is 12.2 Å². The predicted molar refractivity (Wildman–Crippen MR) is 87.5 cm³/mol. The molecule has 2 aromatic rings. The molecule has 21 heavy (non-hydrogen) atoms. The van der Waals surface area contributed by atoms with Crippen LogP contribution in [0.25, 0.3) is 0 Å². The van der Waals surface area contributed by atoms with Gasteiger partial charge in [0.05, 0.1) is 12.2 Å². The lowest BCUT2D eigenvalue weighted by Crippen LogP contribution is -2.05. The van der Waals surface area contributed by atoms with Crippen molar-refractivity contribution in [1.29, 1.82) is 0 Å². The molecule has 0 aliphatic heterocycles. The summed E-state index contributed by atoms with van der Waals surface area (Å²) in [4.78, 5) is 11.3. The normalized spacial score (nSPS) is 9.48. The molecular weight excluding hydrogens is 260 g/mol. The van der Waals surface area contributed by atoms with Crippen molar-refractivity contribution in [2.24, 2.45) is 0 Å². The number of carbonyl (C=O) groups is 1. The summed E-state index contributed by atoms with van der Waals surface area (Å²) in [5.74, 6) is -0.228. The van der Waals surface area contributed by atoms with Crippen LogP contribution in [0.3, 0.4) is 0 Å². The van der Waals surface area contributed by atoms with Crippen LogP contribution in [0.2, 0.25) is 0 Å². The van der Waals surface area contributed by atoms with E-state index in [1.54, 1.807) is 12.1 Å². The summed E-state index contributed by atoms with van der Waals surface area (Å²) >= 11 is 0. The zero-order valence-electron chi connectivity index (χ0n) is 13.1. The lowest BCUT2D eigenvalue weighted by atomic mass is 10.2. The van der Waals surface area contributed by atoms with Crippen LogP contribution in [0.15, 0.2) is 54.6 Å². The quantitative estimate of drug-likeness (QED) is 0.586. The Bertz CT molecular complexity index is 494. The molecule has 0 amide bonds. The summed E-state index contributed by atoms with van der Waals surface area (Å²) in [6, 6.07) is 17.5. The number of hydrogen-bond acceptors (Lipinski definition) is 2. The van der Waals surface area contributed by atoms with Gasteiger partial charge in [-0.05, 0) is 32.4 Å². The van der Waals surface area contributed by atoms with Crippen molar-refractivity contribution < 1.29 is 9.53 Å². The largest absolute Gasteiger partial charge is 0.462 e. The summed E-state index contributed by atoms with van der Waals surface area (Å²) in [6.07, 6.45) is 1.97. The van der Waals surface area contributed by atoms with Gasteiger partial charge in [-0.1, -0.05) is 66.9 Å². The minimum Gasteiger partial charge on any atom is -0.462 e. The van der Waals surface area contributed by atoms with E-state index in [1.165, 1.54) is 11.1 Å². The SMILES string of the molecule is CCCCOC(=O)c1ccccc1.Cc1ccc(C)cc1. The second kappa shape index (κ2) is 9.76. The average molecular weight is 284 g/mol. The number of rotatable bonds is 4. The first-order valence-corrected chi connectivity index (χ1v) is 7.39. The molecule has 0 fully saturated rings. The first-order valence-electron chi connectivity index (χ1n) is 7.39. The van der Waals surface area contributed by atoms with Gasteiger partial charge < -0.3 is 4.74 Å². The second-order valence-corrected chi connectivity index (χ2v) is 5.01. The van der Waals surface area contributed by atoms with Gasteiger partial charge in [-0.25, -0.2) is 4.79 Å². The van der Waals surface area contributed by atoms with Gasteiger partial charge in [-0.15, -0.1) is 0 Å². The smallest absolute Gasteiger partial charge is 0.338 e. The van der Waals surface area contributed by atoms with E-state index in [9.17, 15) is 4.79 Å². The molecule has 0 aliphatic carbocycles.